The summed E-state index contributed by atoms with van der Waals surface area (Å²) in [5.41, 5.74) is 0.733. The number of nitrogens with one attached hydrogen (secondary N) is 1. The van der Waals surface area contributed by atoms with Crippen LogP contribution in [0.3, 0.4) is 0 Å². The molecule has 2 saturated carbocycles. The molecule has 1 aromatic carbocycles. The van der Waals surface area contributed by atoms with Crippen molar-refractivity contribution in [2.45, 2.75) is 63.8 Å². The highest BCUT2D eigenvalue weighted by Gasteiger charge is 2.35. The van der Waals surface area contributed by atoms with Gasteiger partial charge < -0.3 is 15.0 Å². The van der Waals surface area contributed by atoms with Gasteiger partial charge in [0, 0.05) is 31.2 Å². The molecule has 148 valence electrons. The highest BCUT2D eigenvalue weighted by Crippen LogP contribution is 2.37. The lowest BCUT2D eigenvalue weighted by molar-refractivity contribution is 0.0927. The summed E-state index contributed by atoms with van der Waals surface area (Å²) in [6, 6.07) is 7.98. The number of ether oxygens (including phenoxy) is 1. The first kappa shape index (κ1) is 18.8. The third kappa shape index (κ3) is 5.04. The van der Waals surface area contributed by atoms with Crippen LogP contribution in [0.2, 0.25) is 0 Å². The fourth-order valence-electron chi connectivity index (χ4n) is 5.21. The fraction of sp³-hybridized carbons (Fsp3) is 0.696. The number of nitrogens with zero attached hydrogens (tertiary/aromatic N) is 1. The number of hydrogen-bond acceptors (Lipinski definition) is 3. The van der Waals surface area contributed by atoms with Gasteiger partial charge >= 0.3 is 0 Å². The summed E-state index contributed by atoms with van der Waals surface area (Å²) in [4.78, 5) is 15.0. The van der Waals surface area contributed by atoms with Gasteiger partial charge in [0.25, 0.3) is 5.91 Å². The van der Waals surface area contributed by atoms with Crippen LogP contribution in [0.4, 0.5) is 0 Å². The Labute approximate surface area is 163 Å². The second-order valence-corrected chi connectivity index (χ2v) is 8.75. The number of rotatable bonds is 7. The normalized spacial score (nSPS) is 26.1. The second-order valence-electron chi connectivity index (χ2n) is 8.75. The van der Waals surface area contributed by atoms with E-state index in [1.54, 1.807) is 0 Å². The molecule has 1 aliphatic heterocycles. The van der Waals surface area contributed by atoms with Crippen molar-refractivity contribution in [3.63, 3.8) is 0 Å². The van der Waals surface area contributed by atoms with E-state index < -0.39 is 0 Å². The van der Waals surface area contributed by atoms with Crippen molar-refractivity contribution in [3.05, 3.63) is 29.8 Å². The van der Waals surface area contributed by atoms with Gasteiger partial charge in [-0.25, -0.2) is 0 Å². The van der Waals surface area contributed by atoms with Crippen LogP contribution < -0.4 is 10.1 Å². The summed E-state index contributed by atoms with van der Waals surface area (Å²) >= 11 is 0. The van der Waals surface area contributed by atoms with Crippen molar-refractivity contribution >= 4 is 5.91 Å². The SMILES string of the molecule is O=C(NC1CCCCC1)c1ccc(OCCCN2CC3CCCC3C2)cc1. The molecule has 1 heterocycles. The van der Waals surface area contributed by atoms with E-state index in [2.05, 4.69) is 10.2 Å². The van der Waals surface area contributed by atoms with Gasteiger partial charge in [-0.05, 0) is 68.2 Å². The molecule has 1 aromatic rings. The van der Waals surface area contributed by atoms with Crippen LogP contribution in [-0.4, -0.2) is 43.1 Å². The van der Waals surface area contributed by atoms with Crippen LogP contribution in [0.15, 0.2) is 24.3 Å². The molecule has 4 nitrogen and oxygen atoms in total. The zero-order valence-electron chi connectivity index (χ0n) is 16.5. The van der Waals surface area contributed by atoms with Crippen LogP contribution in [0.25, 0.3) is 0 Å². The summed E-state index contributed by atoms with van der Waals surface area (Å²) in [7, 11) is 0. The number of hydrogen-bond donors (Lipinski definition) is 1. The summed E-state index contributed by atoms with van der Waals surface area (Å²) in [5.74, 6) is 2.85. The van der Waals surface area contributed by atoms with Crippen molar-refractivity contribution in [1.29, 1.82) is 0 Å². The molecule has 2 atom stereocenters. The predicted octanol–water partition coefficient (Wildman–Crippen LogP) is 4.25. The number of amides is 1. The molecular weight excluding hydrogens is 336 g/mol. The Morgan fingerprint density at radius 1 is 0.963 bits per heavy atom. The molecule has 1 N–H and O–H groups in total. The summed E-state index contributed by atoms with van der Waals surface area (Å²) in [6.07, 6.45) is 11.4. The monoisotopic (exact) mass is 370 g/mol. The number of carbonyl (C=O) groups excluding carboxylic acids is 1. The average molecular weight is 371 g/mol. The Bertz CT molecular complexity index is 597. The van der Waals surface area contributed by atoms with Crippen LogP contribution in [0.5, 0.6) is 5.75 Å². The van der Waals surface area contributed by atoms with Crippen molar-refractivity contribution in [2.24, 2.45) is 11.8 Å². The lowest BCUT2D eigenvalue weighted by Crippen LogP contribution is -2.36. The Hall–Kier alpha value is -1.55. The molecule has 2 aliphatic carbocycles. The van der Waals surface area contributed by atoms with E-state index in [9.17, 15) is 4.79 Å². The standard InChI is InChI=1S/C23H34N2O2/c26-23(24-21-8-2-1-3-9-21)18-10-12-22(13-11-18)27-15-5-14-25-16-19-6-4-7-20(19)17-25/h10-13,19-21H,1-9,14-17H2,(H,24,26). The van der Waals surface area contributed by atoms with Gasteiger partial charge in [0.1, 0.15) is 5.75 Å². The maximum absolute atomic E-state index is 12.4. The Morgan fingerprint density at radius 2 is 1.67 bits per heavy atom. The van der Waals surface area contributed by atoms with E-state index in [0.29, 0.717) is 6.04 Å². The molecule has 1 amide bonds. The Balaban J connectivity index is 1.15. The van der Waals surface area contributed by atoms with E-state index in [4.69, 9.17) is 4.74 Å². The first-order chi connectivity index (χ1) is 13.3. The summed E-state index contributed by atoms with van der Waals surface area (Å²) in [6.45, 7) is 4.50. The minimum Gasteiger partial charge on any atom is -0.494 e. The largest absolute Gasteiger partial charge is 0.494 e. The van der Waals surface area contributed by atoms with Crippen LogP contribution in [0.1, 0.15) is 68.1 Å². The smallest absolute Gasteiger partial charge is 0.251 e. The number of likely N-dealkylation sites (tertiary alicyclic amines) is 1. The maximum Gasteiger partial charge on any atom is 0.251 e. The number of carbonyl (C=O) groups is 1. The van der Waals surface area contributed by atoms with Crippen LogP contribution in [-0.2, 0) is 0 Å². The first-order valence-corrected chi connectivity index (χ1v) is 11.0. The highest BCUT2D eigenvalue weighted by atomic mass is 16.5. The molecule has 0 bridgehead atoms. The van der Waals surface area contributed by atoms with Gasteiger partial charge in [-0.15, -0.1) is 0 Å². The third-order valence-corrected chi connectivity index (χ3v) is 6.75. The average Bonchev–Trinajstić information content (AvgIpc) is 3.28. The molecule has 0 aromatic heterocycles. The van der Waals surface area contributed by atoms with Gasteiger partial charge in [-0.1, -0.05) is 25.7 Å². The van der Waals surface area contributed by atoms with Crippen molar-refractivity contribution in [3.8, 4) is 5.75 Å². The lowest BCUT2D eigenvalue weighted by atomic mass is 9.95. The van der Waals surface area contributed by atoms with Gasteiger partial charge in [-0.2, -0.15) is 0 Å². The first-order valence-electron chi connectivity index (χ1n) is 11.0. The molecule has 3 aliphatic rings. The molecule has 3 fully saturated rings. The zero-order valence-corrected chi connectivity index (χ0v) is 16.5. The fourth-order valence-corrected chi connectivity index (χ4v) is 5.21. The predicted molar refractivity (Wildman–Crippen MR) is 108 cm³/mol. The lowest BCUT2D eigenvalue weighted by Gasteiger charge is -2.22. The molecule has 27 heavy (non-hydrogen) atoms. The van der Waals surface area contributed by atoms with E-state index in [-0.39, 0.29) is 5.91 Å². The Kier molecular flexibility index (Phi) is 6.33. The van der Waals surface area contributed by atoms with Crippen molar-refractivity contribution in [2.75, 3.05) is 26.2 Å². The van der Waals surface area contributed by atoms with Gasteiger partial charge in [0.2, 0.25) is 0 Å². The van der Waals surface area contributed by atoms with E-state index >= 15 is 0 Å². The van der Waals surface area contributed by atoms with Crippen LogP contribution >= 0.6 is 0 Å². The third-order valence-electron chi connectivity index (χ3n) is 6.75. The quantitative estimate of drug-likeness (QED) is 0.730. The van der Waals surface area contributed by atoms with E-state index in [1.807, 2.05) is 24.3 Å². The van der Waals surface area contributed by atoms with Gasteiger partial charge in [0.05, 0.1) is 6.61 Å². The molecule has 0 radical (unpaired) electrons. The van der Waals surface area contributed by atoms with Crippen molar-refractivity contribution in [1.82, 2.24) is 10.2 Å². The van der Waals surface area contributed by atoms with E-state index in [1.165, 1.54) is 51.6 Å². The maximum atomic E-state index is 12.4. The zero-order chi connectivity index (χ0) is 18.5. The number of fused-ring (bicyclic) bond motifs is 1. The molecule has 4 rings (SSSR count). The topological polar surface area (TPSA) is 41.6 Å². The van der Waals surface area contributed by atoms with E-state index in [0.717, 1.165) is 55.6 Å². The molecule has 4 heteroatoms. The second kappa shape index (κ2) is 9.09. The minimum absolute atomic E-state index is 0.0491. The number of benzene rings is 1. The van der Waals surface area contributed by atoms with Gasteiger partial charge in [-0.3, -0.25) is 4.79 Å². The minimum atomic E-state index is 0.0491. The highest BCUT2D eigenvalue weighted by molar-refractivity contribution is 5.94. The van der Waals surface area contributed by atoms with Gasteiger partial charge in [0.15, 0.2) is 0 Å². The summed E-state index contributed by atoms with van der Waals surface area (Å²) in [5, 5.41) is 3.17. The Morgan fingerprint density at radius 3 is 2.37 bits per heavy atom. The summed E-state index contributed by atoms with van der Waals surface area (Å²) < 4.78 is 5.89. The molecule has 2 unspecified atom stereocenters. The van der Waals surface area contributed by atoms with Crippen LogP contribution in [0, 0.1) is 11.8 Å². The molecular formula is C23H34N2O2. The van der Waals surface area contributed by atoms with Crippen molar-refractivity contribution < 1.29 is 9.53 Å². The molecule has 0 spiro atoms. The molecule has 1 saturated heterocycles.